The number of hydrogen-bond acceptors (Lipinski definition) is 4. The van der Waals surface area contributed by atoms with Crippen LogP contribution in [0.4, 0.5) is 19.0 Å². The van der Waals surface area contributed by atoms with Crippen LogP contribution in [-0.2, 0) is 4.74 Å². The zero-order valence-corrected chi connectivity index (χ0v) is 12.0. The number of amides is 1. The van der Waals surface area contributed by atoms with Crippen LogP contribution in [0.25, 0.3) is 10.9 Å². The maximum Gasteiger partial charge on any atom is 0.416 e. The maximum atomic E-state index is 12.8. The highest BCUT2D eigenvalue weighted by atomic mass is 19.4. The minimum Gasteiger partial charge on any atom is -0.366 e. The second-order valence-corrected chi connectivity index (χ2v) is 5.26. The molecule has 2 heterocycles. The van der Waals surface area contributed by atoms with Gasteiger partial charge in [-0.1, -0.05) is 18.2 Å². The lowest BCUT2D eigenvalue weighted by Crippen LogP contribution is -2.49. The number of primary amides is 1. The first-order chi connectivity index (χ1) is 10.9. The Bertz CT molecular complexity index is 748. The van der Waals surface area contributed by atoms with E-state index < -0.39 is 18.2 Å². The molecule has 1 aliphatic heterocycles. The highest BCUT2D eigenvalue weighted by Gasteiger charge is 2.43. The molecule has 1 fully saturated rings. The van der Waals surface area contributed by atoms with Crippen molar-refractivity contribution in [2.75, 3.05) is 24.6 Å². The molecule has 1 amide bonds. The molecule has 0 bridgehead atoms. The number of anilines is 1. The number of ether oxygens (including phenoxy) is 1. The third-order valence-corrected chi connectivity index (χ3v) is 3.72. The van der Waals surface area contributed by atoms with Gasteiger partial charge in [0.25, 0.3) is 0 Å². The van der Waals surface area contributed by atoms with Crippen LogP contribution < -0.4 is 10.6 Å². The molecule has 5 nitrogen and oxygen atoms in total. The van der Waals surface area contributed by atoms with Crippen LogP contribution in [0.3, 0.4) is 0 Å². The molecule has 2 N–H and O–H groups in total. The molecular weight excluding hydrogens is 311 g/mol. The van der Waals surface area contributed by atoms with Gasteiger partial charge in [-0.25, -0.2) is 4.98 Å². The van der Waals surface area contributed by atoms with E-state index in [4.69, 9.17) is 10.5 Å². The molecular formula is C15H14F3N3O2. The number of nitrogens with zero attached hydrogens (tertiary/aromatic N) is 2. The van der Waals surface area contributed by atoms with Crippen molar-refractivity contribution in [3.8, 4) is 0 Å². The summed E-state index contributed by atoms with van der Waals surface area (Å²) in [6.07, 6.45) is -6.32. The molecule has 1 aromatic carbocycles. The molecule has 1 aliphatic rings. The Kier molecular flexibility index (Phi) is 3.85. The summed E-state index contributed by atoms with van der Waals surface area (Å²) in [4.78, 5) is 17.5. The van der Waals surface area contributed by atoms with Crippen LogP contribution in [0.2, 0.25) is 0 Å². The highest BCUT2D eigenvalue weighted by molar-refractivity contribution is 6.06. The SMILES string of the molecule is NC(=O)c1cc(N2CCOC(C(F)(F)F)C2)nc2ccccc12. The zero-order valence-electron chi connectivity index (χ0n) is 12.0. The summed E-state index contributed by atoms with van der Waals surface area (Å²) in [6.45, 7) is -0.173. The lowest BCUT2D eigenvalue weighted by Gasteiger charge is -2.34. The number of rotatable bonds is 2. The van der Waals surface area contributed by atoms with Crippen molar-refractivity contribution in [1.29, 1.82) is 0 Å². The number of fused-ring (bicyclic) bond motifs is 1. The van der Waals surface area contributed by atoms with Gasteiger partial charge < -0.3 is 15.4 Å². The first-order valence-corrected chi connectivity index (χ1v) is 6.99. The first-order valence-electron chi connectivity index (χ1n) is 6.99. The number of para-hydroxylation sites is 1. The molecule has 8 heteroatoms. The van der Waals surface area contributed by atoms with Crippen molar-refractivity contribution in [3.63, 3.8) is 0 Å². The van der Waals surface area contributed by atoms with Gasteiger partial charge in [0.05, 0.1) is 24.2 Å². The third-order valence-electron chi connectivity index (χ3n) is 3.72. The monoisotopic (exact) mass is 325 g/mol. The minimum atomic E-state index is -4.44. The van der Waals surface area contributed by atoms with Gasteiger partial charge in [0.15, 0.2) is 6.10 Å². The molecule has 1 aromatic heterocycles. The molecule has 23 heavy (non-hydrogen) atoms. The van der Waals surface area contributed by atoms with Crippen LogP contribution in [-0.4, -0.2) is 42.9 Å². The molecule has 0 spiro atoms. The standard InChI is InChI=1S/C15H14F3N3O2/c16-15(17,18)12-8-21(5-6-23-12)13-7-10(14(19)22)9-3-1-2-4-11(9)20-13/h1-4,7,12H,5-6,8H2,(H2,19,22). The molecule has 0 aliphatic carbocycles. The quantitative estimate of drug-likeness (QED) is 0.918. The van der Waals surface area contributed by atoms with Gasteiger partial charge >= 0.3 is 6.18 Å². The Morgan fingerprint density at radius 3 is 2.78 bits per heavy atom. The van der Waals surface area contributed by atoms with Crippen molar-refractivity contribution in [2.24, 2.45) is 5.73 Å². The number of aromatic nitrogens is 1. The fourth-order valence-electron chi connectivity index (χ4n) is 2.58. The van der Waals surface area contributed by atoms with Gasteiger partial charge in [0, 0.05) is 11.9 Å². The Hall–Kier alpha value is -2.35. The van der Waals surface area contributed by atoms with E-state index in [1.54, 1.807) is 24.3 Å². The fraction of sp³-hybridized carbons (Fsp3) is 0.333. The summed E-state index contributed by atoms with van der Waals surface area (Å²) < 4.78 is 43.3. The molecule has 1 saturated heterocycles. The van der Waals surface area contributed by atoms with Crippen LogP contribution in [0, 0.1) is 0 Å². The molecule has 0 saturated carbocycles. The van der Waals surface area contributed by atoms with E-state index in [0.717, 1.165) is 0 Å². The predicted molar refractivity (Wildman–Crippen MR) is 78.3 cm³/mol. The van der Waals surface area contributed by atoms with Crippen molar-refractivity contribution >= 4 is 22.6 Å². The molecule has 2 aromatic rings. The lowest BCUT2D eigenvalue weighted by atomic mass is 10.1. The number of alkyl halides is 3. The van der Waals surface area contributed by atoms with Crippen LogP contribution in [0.1, 0.15) is 10.4 Å². The molecule has 1 unspecified atom stereocenters. The van der Waals surface area contributed by atoms with Gasteiger partial charge in [-0.2, -0.15) is 13.2 Å². The molecule has 122 valence electrons. The summed E-state index contributed by atoms with van der Waals surface area (Å²) in [5.74, 6) is -0.361. The number of benzene rings is 1. The van der Waals surface area contributed by atoms with Crippen LogP contribution in [0.15, 0.2) is 30.3 Å². The number of halogens is 3. The summed E-state index contributed by atoms with van der Waals surface area (Å²) in [5.41, 5.74) is 6.13. The normalized spacial score (nSPS) is 19.1. The Morgan fingerprint density at radius 2 is 2.09 bits per heavy atom. The molecule has 3 rings (SSSR count). The van der Waals surface area contributed by atoms with E-state index in [1.807, 2.05) is 0 Å². The Morgan fingerprint density at radius 1 is 1.35 bits per heavy atom. The van der Waals surface area contributed by atoms with E-state index in [-0.39, 0.29) is 31.1 Å². The average molecular weight is 325 g/mol. The smallest absolute Gasteiger partial charge is 0.366 e. The van der Waals surface area contributed by atoms with E-state index in [1.165, 1.54) is 11.0 Å². The van der Waals surface area contributed by atoms with E-state index >= 15 is 0 Å². The number of morpholine rings is 1. The fourth-order valence-corrected chi connectivity index (χ4v) is 2.58. The summed E-state index contributed by atoms with van der Waals surface area (Å²) in [6, 6.07) is 8.30. The predicted octanol–water partition coefficient (Wildman–Crippen LogP) is 2.10. The summed E-state index contributed by atoms with van der Waals surface area (Å²) in [7, 11) is 0. The zero-order chi connectivity index (χ0) is 16.6. The number of hydrogen-bond donors (Lipinski definition) is 1. The van der Waals surface area contributed by atoms with Crippen molar-refractivity contribution in [2.45, 2.75) is 12.3 Å². The van der Waals surface area contributed by atoms with E-state index in [9.17, 15) is 18.0 Å². The third kappa shape index (κ3) is 3.07. The van der Waals surface area contributed by atoms with Gasteiger partial charge in [-0.05, 0) is 12.1 Å². The summed E-state index contributed by atoms with van der Waals surface area (Å²) >= 11 is 0. The lowest BCUT2D eigenvalue weighted by molar-refractivity contribution is -0.221. The van der Waals surface area contributed by atoms with Gasteiger partial charge in [-0.15, -0.1) is 0 Å². The van der Waals surface area contributed by atoms with E-state index in [2.05, 4.69) is 4.98 Å². The van der Waals surface area contributed by atoms with Crippen LogP contribution >= 0.6 is 0 Å². The van der Waals surface area contributed by atoms with Gasteiger partial charge in [0.1, 0.15) is 5.82 Å². The number of pyridine rings is 1. The number of carbonyl (C=O) groups is 1. The Labute approximate surface area is 129 Å². The van der Waals surface area contributed by atoms with Crippen molar-refractivity contribution < 1.29 is 22.7 Å². The average Bonchev–Trinajstić information content (AvgIpc) is 2.53. The first kappa shape index (κ1) is 15.5. The minimum absolute atomic E-state index is 0.0649. The number of carbonyl (C=O) groups excluding carboxylic acids is 1. The van der Waals surface area contributed by atoms with Crippen molar-refractivity contribution in [3.05, 3.63) is 35.9 Å². The second-order valence-electron chi connectivity index (χ2n) is 5.26. The molecule has 1 atom stereocenters. The number of nitrogens with two attached hydrogens (primary N) is 1. The van der Waals surface area contributed by atoms with E-state index in [0.29, 0.717) is 10.9 Å². The second kappa shape index (κ2) is 5.69. The largest absolute Gasteiger partial charge is 0.416 e. The van der Waals surface area contributed by atoms with Crippen molar-refractivity contribution in [1.82, 2.24) is 4.98 Å². The highest BCUT2D eigenvalue weighted by Crippen LogP contribution is 2.29. The summed E-state index contributed by atoms with van der Waals surface area (Å²) in [5, 5.41) is 0.574. The van der Waals surface area contributed by atoms with Gasteiger partial charge in [-0.3, -0.25) is 4.79 Å². The van der Waals surface area contributed by atoms with Gasteiger partial charge in [0.2, 0.25) is 5.91 Å². The molecule has 0 radical (unpaired) electrons. The maximum absolute atomic E-state index is 12.8. The Balaban J connectivity index is 2.01. The topological polar surface area (TPSA) is 68.5 Å². The van der Waals surface area contributed by atoms with Crippen LogP contribution in [0.5, 0.6) is 0 Å².